The van der Waals surface area contributed by atoms with Gasteiger partial charge in [-0.15, -0.1) is 45.3 Å². The molecule has 0 saturated heterocycles. The monoisotopic (exact) mass is 568 g/mol. The number of benzene rings is 3. The van der Waals surface area contributed by atoms with E-state index in [0.717, 1.165) is 12.8 Å². The van der Waals surface area contributed by atoms with Crippen LogP contribution in [0.3, 0.4) is 0 Å². The average molecular weight is 569 g/mol. The van der Waals surface area contributed by atoms with Gasteiger partial charge in [0, 0.05) is 49.1 Å². The van der Waals surface area contributed by atoms with Crippen LogP contribution in [0, 0.1) is 25.7 Å². The lowest BCUT2D eigenvalue weighted by Crippen LogP contribution is -1.99. The van der Waals surface area contributed by atoms with Crippen LogP contribution in [0.5, 0.6) is 0 Å². The van der Waals surface area contributed by atoms with E-state index in [0.29, 0.717) is 11.8 Å². The van der Waals surface area contributed by atoms with Crippen LogP contribution in [0.15, 0.2) is 48.5 Å². The molecule has 0 radical (unpaired) electrons. The normalized spacial score (nSPS) is 12.6. The minimum absolute atomic E-state index is 0.636. The largest absolute Gasteiger partial charge is 0.140 e. The first-order valence-corrected chi connectivity index (χ1v) is 16.9. The maximum absolute atomic E-state index is 2.53. The summed E-state index contributed by atoms with van der Waals surface area (Å²) in [5, 5.41) is 8.55. The predicted octanol–water partition coefficient (Wildman–Crippen LogP) is 12.4. The van der Waals surface area contributed by atoms with Gasteiger partial charge in [-0.3, -0.25) is 0 Å². The molecule has 0 aliphatic carbocycles. The lowest BCUT2D eigenvalue weighted by atomic mass is 9.92. The van der Waals surface area contributed by atoms with Gasteiger partial charge >= 0.3 is 0 Å². The highest BCUT2D eigenvalue weighted by Crippen LogP contribution is 2.48. The van der Waals surface area contributed by atoms with Crippen molar-refractivity contribution in [3.63, 3.8) is 0 Å². The van der Waals surface area contributed by atoms with E-state index in [1.165, 1.54) is 70.6 Å². The van der Waals surface area contributed by atoms with Gasteiger partial charge in [0.2, 0.25) is 0 Å². The molecule has 38 heavy (non-hydrogen) atoms. The summed E-state index contributed by atoms with van der Waals surface area (Å²) in [7, 11) is 0. The van der Waals surface area contributed by atoms with Crippen molar-refractivity contribution in [2.45, 2.75) is 54.4 Å². The average Bonchev–Trinajstić information content (AvgIpc) is 3.63. The second kappa shape index (κ2) is 9.16. The van der Waals surface area contributed by atoms with E-state index in [-0.39, 0.29) is 0 Å². The smallest absolute Gasteiger partial charge is 0.0455 e. The van der Waals surface area contributed by atoms with Crippen LogP contribution in [0.4, 0.5) is 0 Å². The van der Waals surface area contributed by atoms with Crippen molar-refractivity contribution in [1.29, 1.82) is 0 Å². The first-order chi connectivity index (χ1) is 18.3. The molecule has 0 N–H and O–H groups in total. The highest BCUT2D eigenvalue weighted by Gasteiger charge is 2.21. The first-order valence-electron chi connectivity index (χ1n) is 13.6. The minimum atomic E-state index is 0.636. The molecule has 0 saturated carbocycles. The van der Waals surface area contributed by atoms with E-state index in [2.05, 4.69) is 90.1 Å². The molecule has 0 atom stereocenters. The zero-order chi connectivity index (χ0) is 26.3. The van der Waals surface area contributed by atoms with Gasteiger partial charge in [0.15, 0.2) is 0 Å². The second-order valence-corrected chi connectivity index (χ2v) is 16.3. The first kappa shape index (κ1) is 24.8. The van der Waals surface area contributed by atoms with E-state index in [1.54, 1.807) is 11.1 Å². The molecule has 0 nitrogen and oxygen atoms in total. The highest BCUT2D eigenvalue weighted by molar-refractivity contribution is 7.29. The Balaban J connectivity index is 1.48. The number of thiophene rings is 4. The Kier molecular flexibility index (Phi) is 5.97. The summed E-state index contributed by atoms with van der Waals surface area (Å²) in [6.07, 6.45) is 2.27. The van der Waals surface area contributed by atoms with Gasteiger partial charge in [0.05, 0.1) is 0 Å². The molecule has 4 aromatic heterocycles. The maximum atomic E-state index is 2.53. The van der Waals surface area contributed by atoms with Gasteiger partial charge < -0.3 is 0 Å². The molecule has 192 valence electrons. The molecule has 3 aromatic carbocycles. The Morgan fingerprint density at radius 1 is 0.526 bits per heavy atom. The number of aryl methyl sites for hydroxylation is 2. The van der Waals surface area contributed by atoms with Gasteiger partial charge in [-0.1, -0.05) is 45.9 Å². The Labute approximate surface area is 240 Å². The molecule has 4 heteroatoms. The van der Waals surface area contributed by atoms with Crippen molar-refractivity contribution in [3.8, 4) is 9.75 Å². The van der Waals surface area contributed by atoms with E-state index in [1.807, 2.05) is 45.3 Å². The lowest BCUT2D eigenvalue weighted by Gasteiger charge is -2.14. The van der Waals surface area contributed by atoms with Crippen molar-refractivity contribution < 1.29 is 0 Å². The molecule has 0 unspecified atom stereocenters. The summed E-state index contributed by atoms with van der Waals surface area (Å²) in [5.74, 6) is 1.27. The van der Waals surface area contributed by atoms with Gasteiger partial charge in [0.25, 0.3) is 0 Å². The SMILES string of the molecule is Cc1cc2c(CC(C)C)c3sc(-c4cc5c(ccc6c5ccc5cc(C)sc56)s4)cc3c(CC(C)C)c2s1. The van der Waals surface area contributed by atoms with Crippen LogP contribution >= 0.6 is 45.3 Å². The van der Waals surface area contributed by atoms with Crippen molar-refractivity contribution in [1.82, 2.24) is 0 Å². The molecule has 7 aromatic rings. The van der Waals surface area contributed by atoms with Crippen LogP contribution in [-0.2, 0) is 12.8 Å². The third-order valence-electron chi connectivity index (χ3n) is 7.55. The molecule has 0 spiro atoms. The Morgan fingerprint density at radius 2 is 1.11 bits per heavy atom. The van der Waals surface area contributed by atoms with Crippen LogP contribution in [0.1, 0.15) is 48.6 Å². The third-order valence-corrected chi connectivity index (χ3v) is 12.3. The van der Waals surface area contributed by atoms with Crippen molar-refractivity contribution in [2.75, 3.05) is 0 Å². The highest BCUT2D eigenvalue weighted by atomic mass is 32.1. The predicted molar refractivity (Wildman–Crippen MR) is 177 cm³/mol. The fraction of sp³-hybridized carbons (Fsp3) is 0.294. The summed E-state index contributed by atoms with van der Waals surface area (Å²) in [6, 6.07) is 19.1. The minimum Gasteiger partial charge on any atom is -0.140 e. The zero-order valence-electron chi connectivity index (χ0n) is 22.8. The molecular formula is C34H32S4. The standard InChI is InChI=1S/C34H32S4/c1-17(2)11-25-27-14-20(6)36-33(27)26(12-18(3)4)28-16-31(38-34(25)28)30-15-24-22-8-7-21-13-19(5)35-32(21)23(22)9-10-29(24)37-30/h7-10,13-18H,11-12H2,1-6H3. The number of rotatable bonds is 5. The lowest BCUT2D eigenvalue weighted by molar-refractivity contribution is 0.650. The van der Waals surface area contributed by atoms with Crippen molar-refractivity contribution >= 4 is 96.5 Å². The molecule has 0 aliphatic heterocycles. The topological polar surface area (TPSA) is 0 Å². The zero-order valence-corrected chi connectivity index (χ0v) is 26.1. The number of hydrogen-bond acceptors (Lipinski definition) is 4. The van der Waals surface area contributed by atoms with Crippen molar-refractivity contribution in [3.05, 3.63) is 69.4 Å². The Bertz CT molecular complexity index is 1940. The molecule has 0 aliphatic rings. The van der Waals surface area contributed by atoms with Crippen LogP contribution in [0.25, 0.3) is 60.9 Å². The quantitative estimate of drug-likeness (QED) is 0.194. The summed E-state index contributed by atoms with van der Waals surface area (Å²) >= 11 is 7.90. The second-order valence-electron chi connectivity index (χ2n) is 11.6. The van der Waals surface area contributed by atoms with E-state index < -0.39 is 0 Å². The number of hydrogen-bond donors (Lipinski definition) is 0. The Morgan fingerprint density at radius 3 is 1.84 bits per heavy atom. The molecule has 7 rings (SSSR count). The Hall–Kier alpha value is -2.24. The maximum Gasteiger partial charge on any atom is 0.0455 e. The molecular weight excluding hydrogens is 537 g/mol. The fourth-order valence-corrected chi connectivity index (χ4v) is 10.6. The summed E-state index contributed by atoms with van der Waals surface area (Å²) in [5.41, 5.74) is 3.14. The third kappa shape index (κ3) is 3.95. The summed E-state index contributed by atoms with van der Waals surface area (Å²) < 4.78 is 5.86. The molecule has 0 fully saturated rings. The van der Waals surface area contributed by atoms with Crippen LogP contribution < -0.4 is 0 Å². The molecule has 0 amide bonds. The van der Waals surface area contributed by atoms with Crippen LogP contribution in [0.2, 0.25) is 0 Å². The van der Waals surface area contributed by atoms with Gasteiger partial charge in [-0.05, 0) is 102 Å². The van der Waals surface area contributed by atoms with Gasteiger partial charge in [0.1, 0.15) is 0 Å². The van der Waals surface area contributed by atoms with E-state index in [9.17, 15) is 0 Å². The van der Waals surface area contributed by atoms with E-state index >= 15 is 0 Å². The molecule has 4 heterocycles. The van der Waals surface area contributed by atoms with E-state index in [4.69, 9.17) is 0 Å². The van der Waals surface area contributed by atoms with Crippen LogP contribution in [-0.4, -0.2) is 0 Å². The fourth-order valence-electron chi connectivity index (χ4n) is 6.06. The summed E-state index contributed by atoms with van der Waals surface area (Å²) in [4.78, 5) is 5.64. The van der Waals surface area contributed by atoms with Crippen molar-refractivity contribution in [2.24, 2.45) is 11.8 Å². The van der Waals surface area contributed by atoms with Gasteiger partial charge in [-0.25, -0.2) is 0 Å². The van der Waals surface area contributed by atoms with Gasteiger partial charge in [-0.2, -0.15) is 0 Å². The number of fused-ring (bicyclic) bond motifs is 7. The molecule has 0 bridgehead atoms. The summed E-state index contributed by atoms with van der Waals surface area (Å²) in [6.45, 7) is 13.9.